The van der Waals surface area contributed by atoms with Gasteiger partial charge in [-0.15, -0.1) is 0 Å². The van der Waals surface area contributed by atoms with E-state index >= 15 is 0 Å². The zero-order chi connectivity index (χ0) is 19.5. The molecule has 3 aromatic rings. The Bertz CT molecular complexity index is 941. The zero-order valence-electron chi connectivity index (χ0n) is 16.0. The van der Waals surface area contributed by atoms with Gasteiger partial charge in [-0.3, -0.25) is 9.97 Å². The molecule has 1 aliphatic heterocycles. The van der Waals surface area contributed by atoms with Crippen molar-refractivity contribution < 1.29 is 18.8 Å². The van der Waals surface area contributed by atoms with E-state index in [1.807, 2.05) is 25.1 Å². The van der Waals surface area contributed by atoms with Crippen LogP contribution in [0.5, 0.6) is 11.5 Å². The van der Waals surface area contributed by atoms with Crippen molar-refractivity contribution in [3.05, 3.63) is 41.2 Å². The molecule has 2 aromatic heterocycles. The maximum atomic E-state index is 12.9. The Labute approximate surface area is 195 Å². The molecule has 1 atom stereocenters. The van der Waals surface area contributed by atoms with Crippen LogP contribution in [0.2, 0.25) is 0 Å². The molecule has 0 unspecified atom stereocenters. The van der Waals surface area contributed by atoms with E-state index in [-0.39, 0.29) is 35.3 Å². The first-order valence-corrected chi connectivity index (χ1v) is 10.6. The van der Waals surface area contributed by atoms with E-state index in [4.69, 9.17) is 14.2 Å². The first kappa shape index (κ1) is 22.4. The van der Waals surface area contributed by atoms with E-state index in [1.165, 1.54) is 0 Å². The molecule has 0 fully saturated rings. The molecule has 0 aliphatic carbocycles. The van der Waals surface area contributed by atoms with Gasteiger partial charge in [-0.2, -0.15) is 4.98 Å². The van der Waals surface area contributed by atoms with Crippen LogP contribution in [0.15, 0.2) is 29.6 Å². The molecule has 0 spiro atoms. The second-order valence-electron chi connectivity index (χ2n) is 6.68. The average Bonchev–Trinajstić information content (AvgIpc) is 3.31. The molecule has 29 heavy (non-hydrogen) atoms. The number of hydrogen-bond donors (Lipinski definition) is 1. The summed E-state index contributed by atoms with van der Waals surface area (Å²) in [5, 5.41) is 0.450. The van der Waals surface area contributed by atoms with E-state index in [1.54, 1.807) is 13.3 Å². The van der Waals surface area contributed by atoms with Gasteiger partial charge in [0.25, 0.3) is 0 Å². The Kier molecular flexibility index (Phi) is 7.84. The van der Waals surface area contributed by atoms with Crippen LogP contribution in [0.1, 0.15) is 23.2 Å². The fourth-order valence-corrected chi connectivity index (χ4v) is 4.30. The normalized spacial score (nSPS) is 13.6. The minimum absolute atomic E-state index is 0. The van der Waals surface area contributed by atoms with E-state index in [0.29, 0.717) is 25.0 Å². The summed E-state index contributed by atoms with van der Waals surface area (Å²) >= 11 is -1.34. The van der Waals surface area contributed by atoms with Crippen molar-refractivity contribution >= 4 is 51.8 Å². The third-order valence-corrected chi connectivity index (χ3v) is 5.92. The predicted octanol–water partition coefficient (Wildman–Crippen LogP) is 2.28. The van der Waals surface area contributed by atoms with Gasteiger partial charge in [-0.25, -0.2) is 0 Å². The predicted molar refractivity (Wildman–Crippen MR) is 114 cm³/mol. The van der Waals surface area contributed by atoms with Crippen molar-refractivity contribution in [1.29, 1.82) is 0 Å². The third-order valence-electron chi connectivity index (χ3n) is 4.76. The number of aromatic amines is 1. The summed E-state index contributed by atoms with van der Waals surface area (Å²) in [6.07, 6.45) is 3.38. The van der Waals surface area contributed by atoms with Gasteiger partial charge in [0.15, 0.2) is 5.75 Å². The molecule has 1 aromatic carbocycles. The van der Waals surface area contributed by atoms with Gasteiger partial charge in [0.05, 0.1) is 29.9 Å². The topological polar surface area (TPSA) is 92.3 Å². The number of rotatable bonds is 8. The van der Waals surface area contributed by atoms with Crippen LogP contribution in [-0.2, 0) is 28.1 Å². The van der Waals surface area contributed by atoms with Crippen LogP contribution in [0.3, 0.4) is 0 Å². The number of hydrogen-bond acceptors (Lipinski definition) is 6. The number of methoxy groups -OCH3 is 1. The molecule has 7 nitrogen and oxygen atoms in total. The monoisotopic (exact) mass is 425 g/mol. The molecular weight excluding hydrogens is 401 g/mol. The molecule has 3 heterocycles. The summed E-state index contributed by atoms with van der Waals surface area (Å²) in [5.74, 6) is 1.91. The SMILES string of the molecule is COCCCOc1ccnc(C[S@@+]([O-])c2nc3cc4c(cc3[nH]2)OCC4)c1C.[NaH]. The van der Waals surface area contributed by atoms with Gasteiger partial charge >= 0.3 is 34.7 Å². The van der Waals surface area contributed by atoms with Gasteiger partial charge in [-0.05, 0) is 24.6 Å². The van der Waals surface area contributed by atoms with E-state index in [0.717, 1.165) is 52.2 Å². The second kappa shape index (κ2) is 10.1. The first-order valence-electron chi connectivity index (χ1n) is 9.25. The average molecular weight is 425 g/mol. The van der Waals surface area contributed by atoms with Crippen molar-refractivity contribution in [1.82, 2.24) is 15.0 Å². The van der Waals surface area contributed by atoms with Crippen LogP contribution in [0.25, 0.3) is 11.0 Å². The quantitative estimate of drug-likeness (QED) is 0.338. The van der Waals surface area contributed by atoms with Crippen LogP contribution in [0, 0.1) is 6.92 Å². The molecule has 0 radical (unpaired) electrons. The van der Waals surface area contributed by atoms with Gasteiger partial charge in [0, 0.05) is 55.6 Å². The van der Waals surface area contributed by atoms with Gasteiger partial charge in [-0.1, -0.05) is 0 Å². The number of benzene rings is 1. The van der Waals surface area contributed by atoms with Gasteiger partial charge in [0.1, 0.15) is 11.5 Å². The van der Waals surface area contributed by atoms with Gasteiger partial charge < -0.3 is 18.8 Å². The van der Waals surface area contributed by atoms with E-state index in [9.17, 15) is 4.55 Å². The number of pyridine rings is 1. The number of aromatic nitrogens is 3. The van der Waals surface area contributed by atoms with E-state index in [2.05, 4.69) is 15.0 Å². The standard InChI is InChI=1S/C20H23N3O4S.Na.H/c1-13-17(21-6-4-18(13)26-8-3-7-25-2)12-28(24)20-22-15-10-14-5-9-27-19(14)11-16(15)23-20;;/h4,6,10-11H,3,5,7-9,12H2,1-2H3,(H,22,23);;/t28-;;/m1../s1. The van der Waals surface area contributed by atoms with Crippen LogP contribution in [0.4, 0.5) is 0 Å². The Morgan fingerprint density at radius 1 is 1.31 bits per heavy atom. The van der Waals surface area contributed by atoms with Crippen molar-refractivity contribution in [3.8, 4) is 11.5 Å². The molecule has 150 valence electrons. The summed E-state index contributed by atoms with van der Waals surface area (Å²) in [6, 6.07) is 5.77. The molecule has 0 amide bonds. The zero-order valence-corrected chi connectivity index (χ0v) is 16.8. The summed E-state index contributed by atoms with van der Waals surface area (Å²) < 4.78 is 29.3. The molecule has 0 bridgehead atoms. The van der Waals surface area contributed by atoms with Crippen molar-refractivity contribution in [3.63, 3.8) is 0 Å². The molecule has 1 N–H and O–H groups in total. The Hall–Kier alpha value is -1.29. The maximum absolute atomic E-state index is 12.9. The number of imidazole rings is 1. The molecule has 0 saturated carbocycles. The number of fused-ring (bicyclic) bond motifs is 2. The number of ether oxygens (including phenoxy) is 3. The molecular formula is C20H24N3NaO4S. The number of nitrogens with zero attached hydrogens (tertiary/aromatic N) is 2. The molecule has 1 aliphatic rings. The Morgan fingerprint density at radius 3 is 3.00 bits per heavy atom. The Balaban J connectivity index is 0.00000240. The van der Waals surface area contributed by atoms with Crippen LogP contribution < -0.4 is 9.47 Å². The van der Waals surface area contributed by atoms with Crippen molar-refractivity contribution in [2.45, 2.75) is 30.7 Å². The van der Waals surface area contributed by atoms with Crippen LogP contribution >= 0.6 is 0 Å². The minimum atomic E-state index is -1.34. The summed E-state index contributed by atoms with van der Waals surface area (Å²) in [5.41, 5.74) is 4.44. The second-order valence-corrected chi connectivity index (χ2v) is 8.05. The number of nitrogens with one attached hydrogen (secondary N) is 1. The van der Waals surface area contributed by atoms with Crippen LogP contribution in [-0.4, -0.2) is 76.0 Å². The van der Waals surface area contributed by atoms with Crippen molar-refractivity contribution in [2.75, 3.05) is 26.9 Å². The number of H-pyrrole nitrogens is 1. The summed E-state index contributed by atoms with van der Waals surface area (Å²) in [6.45, 7) is 3.86. The van der Waals surface area contributed by atoms with E-state index < -0.39 is 11.2 Å². The summed E-state index contributed by atoms with van der Waals surface area (Å²) in [7, 11) is 1.67. The molecule has 9 heteroatoms. The fraction of sp³-hybridized carbons (Fsp3) is 0.400. The first-order chi connectivity index (χ1) is 13.7. The third kappa shape index (κ3) is 5.07. The Morgan fingerprint density at radius 2 is 2.17 bits per heavy atom. The van der Waals surface area contributed by atoms with Gasteiger partial charge in [0.2, 0.25) is 0 Å². The van der Waals surface area contributed by atoms with Crippen molar-refractivity contribution in [2.24, 2.45) is 0 Å². The summed E-state index contributed by atoms with van der Waals surface area (Å²) in [4.78, 5) is 12.1. The molecule has 0 saturated heterocycles. The fourth-order valence-electron chi connectivity index (χ4n) is 3.20. The molecule has 4 rings (SSSR count).